The highest BCUT2D eigenvalue weighted by molar-refractivity contribution is 7.86. The number of amides is 2. The number of nitrogens with two attached hydrogens (primary N) is 1. The molecule has 6 heterocycles. The van der Waals surface area contributed by atoms with Crippen molar-refractivity contribution in [3.8, 4) is 0 Å². The number of halogens is 4. The van der Waals surface area contributed by atoms with Gasteiger partial charge in [-0.2, -0.15) is 21.1 Å². The van der Waals surface area contributed by atoms with E-state index in [0.717, 1.165) is 107 Å². The van der Waals surface area contributed by atoms with E-state index in [1.807, 2.05) is 94.7 Å². The quantitative estimate of drug-likeness (QED) is 0.0834. The third kappa shape index (κ3) is 16.9. The van der Waals surface area contributed by atoms with Crippen LogP contribution in [0.2, 0.25) is 20.1 Å². The van der Waals surface area contributed by atoms with Crippen LogP contribution in [0.25, 0.3) is 0 Å². The van der Waals surface area contributed by atoms with Gasteiger partial charge >= 0.3 is 0 Å². The zero-order valence-corrected chi connectivity index (χ0v) is 50.8. The SMILES string of the molecule is CN1CCN(C2CNC2)CC1.CS(=O)(=O)OCCC[C@]1(c2ccc(Cl)c(Cl)c2)CCCN(C(=O)c2ccccc2)C1.NS(=O)(=O)N1CCN(C2CN(CCC[C@]3(c4ccc(Cl)c(Cl)c4)CCCN(C(=O)c4ccccc4)C3)C2)CC1. The molecule has 16 nitrogen and oxygen atoms in total. The Bertz CT molecular complexity index is 2910. The van der Waals surface area contributed by atoms with Crippen molar-refractivity contribution in [2.45, 2.75) is 74.3 Å². The molecule has 3 N–H and O–H groups in total. The van der Waals surface area contributed by atoms with E-state index in [9.17, 15) is 26.4 Å². The predicted molar refractivity (Wildman–Crippen MR) is 321 cm³/mol. The van der Waals surface area contributed by atoms with E-state index >= 15 is 0 Å². The lowest BCUT2D eigenvalue weighted by atomic mass is 9.70. The van der Waals surface area contributed by atoms with E-state index in [4.69, 9.17) is 55.7 Å². The molecule has 0 saturated carbocycles. The number of piperidine rings is 2. The normalized spacial score (nSPS) is 23.2. The highest BCUT2D eigenvalue weighted by atomic mass is 35.5. The van der Waals surface area contributed by atoms with E-state index in [1.54, 1.807) is 6.07 Å². The van der Waals surface area contributed by atoms with Gasteiger partial charge in [-0.05, 0) is 125 Å². The highest BCUT2D eigenvalue weighted by Crippen LogP contribution is 2.43. The van der Waals surface area contributed by atoms with Crippen LogP contribution >= 0.6 is 46.4 Å². The average Bonchev–Trinajstić information content (AvgIpc) is 3.44. The fourth-order valence-corrected chi connectivity index (χ4v) is 13.9. The van der Waals surface area contributed by atoms with E-state index in [-0.39, 0.29) is 29.3 Å². The first-order chi connectivity index (χ1) is 38.2. The summed E-state index contributed by atoms with van der Waals surface area (Å²) in [6.45, 7) is 15.5. The van der Waals surface area contributed by atoms with E-state index in [2.05, 4.69) is 38.0 Å². The molecule has 80 heavy (non-hydrogen) atoms. The molecule has 2 amide bonds. The lowest BCUT2D eigenvalue weighted by molar-refractivity contribution is 0.0146. The molecule has 4 aromatic carbocycles. The Morgan fingerprint density at radius 3 is 1.51 bits per heavy atom. The van der Waals surface area contributed by atoms with Gasteiger partial charge in [0, 0.05) is 139 Å². The van der Waals surface area contributed by atoms with Crippen LogP contribution in [-0.4, -0.2) is 206 Å². The Morgan fingerprint density at radius 1 is 0.613 bits per heavy atom. The van der Waals surface area contributed by atoms with Crippen molar-refractivity contribution in [3.63, 3.8) is 0 Å². The number of likely N-dealkylation sites (N-methyl/N-ethyl adjacent to an activating group) is 1. The van der Waals surface area contributed by atoms with Gasteiger partial charge in [-0.25, -0.2) is 5.14 Å². The second-order valence-electron chi connectivity index (χ2n) is 22.5. The van der Waals surface area contributed by atoms with Gasteiger partial charge < -0.3 is 24.9 Å². The molecule has 22 heteroatoms. The lowest BCUT2D eigenvalue weighted by Crippen LogP contribution is -2.63. The first-order valence-electron chi connectivity index (χ1n) is 28.0. The molecule has 0 spiro atoms. The van der Waals surface area contributed by atoms with Gasteiger partial charge in [0.15, 0.2) is 0 Å². The molecule has 0 aromatic heterocycles. The summed E-state index contributed by atoms with van der Waals surface area (Å²) >= 11 is 25.1. The monoisotopic (exact) mass is 1220 g/mol. The Hall–Kier alpha value is -3.44. The van der Waals surface area contributed by atoms with Crippen molar-refractivity contribution >= 4 is 78.5 Å². The minimum atomic E-state index is -3.60. The zero-order chi connectivity index (χ0) is 57.1. The number of rotatable bonds is 16. The van der Waals surface area contributed by atoms with E-state index in [0.29, 0.717) is 77.3 Å². The summed E-state index contributed by atoms with van der Waals surface area (Å²) in [5, 5.41) is 10.6. The number of carbonyl (C=O) groups is 2. The van der Waals surface area contributed by atoms with Crippen LogP contribution in [0, 0.1) is 0 Å². The van der Waals surface area contributed by atoms with Crippen molar-refractivity contribution in [1.29, 1.82) is 0 Å². The number of benzene rings is 4. The van der Waals surface area contributed by atoms with Crippen molar-refractivity contribution < 1.29 is 30.6 Å². The number of hydrogen-bond donors (Lipinski definition) is 2. The number of nitrogens with one attached hydrogen (secondary N) is 1. The molecule has 4 aromatic rings. The molecule has 10 rings (SSSR count). The summed E-state index contributed by atoms with van der Waals surface area (Å²) in [5.74, 6) is 0.0694. The fraction of sp³-hybridized carbons (Fsp3) is 0.552. The van der Waals surface area contributed by atoms with E-state index < -0.39 is 20.3 Å². The maximum Gasteiger partial charge on any atom is 0.276 e. The van der Waals surface area contributed by atoms with Crippen molar-refractivity contribution in [1.82, 2.24) is 39.0 Å². The van der Waals surface area contributed by atoms with Gasteiger partial charge in [0.05, 0.1) is 33.0 Å². The zero-order valence-electron chi connectivity index (χ0n) is 46.2. The fourth-order valence-electron chi connectivity index (χ4n) is 12.2. The second kappa shape index (κ2) is 28.4. The van der Waals surface area contributed by atoms with Gasteiger partial charge in [0.25, 0.3) is 32.1 Å². The molecule has 438 valence electrons. The highest BCUT2D eigenvalue weighted by Gasteiger charge is 2.42. The Kier molecular flexibility index (Phi) is 22.2. The first-order valence-corrected chi connectivity index (χ1v) is 32.9. The van der Waals surface area contributed by atoms with Crippen LogP contribution in [0.5, 0.6) is 0 Å². The third-order valence-corrected chi connectivity index (χ3v) is 20.1. The molecule has 6 aliphatic rings. The van der Waals surface area contributed by atoms with Crippen LogP contribution in [0.1, 0.15) is 83.2 Å². The Balaban J connectivity index is 0.000000180. The van der Waals surface area contributed by atoms with Crippen LogP contribution in [0.4, 0.5) is 0 Å². The molecule has 6 fully saturated rings. The van der Waals surface area contributed by atoms with E-state index in [1.165, 1.54) is 43.6 Å². The summed E-state index contributed by atoms with van der Waals surface area (Å²) in [5.41, 5.74) is 3.00. The van der Waals surface area contributed by atoms with Gasteiger partial charge in [-0.3, -0.25) is 23.6 Å². The molecule has 6 saturated heterocycles. The van der Waals surface area contributed by atoms with Crippen molar-refractivity contribution in [2.24, 2.45) is 5.14 Å². The van der Waals surface area contributed by atoms with Gasteiger partial charge in [-0.1, -0.05) is 94.9 Å². The lowest BCUT2D eigenvalue weighted by Gasteiger charge is -2.48. The second-order valence-corrected chi connectivity index (χ2v) is 27.3. The molecular formula is C58H79Cl4N9O7S2. The van der Waals surface area contributed by atoms with Crippen LogP contribution in [0.3, 0.4) is 0 Å². The predicted octanol–water partition coefficient (Wildman–Crippen LogP) is 7.58. The first kappa shape index (κ1) is 62.6. The molecular weight excluding hydrogens is 1140 g/mol. The summed E-state index contributed by atoms with van der Waals surface area (Å²) < 4.78 is 52.1. The minimum absolute atomic E-state index is 0.00729. The topological polar surface area (TPSA) is 172 Å². The third-order valence-electron chi connectivity index (χ3n) is 17.0. The minimum Gasteiger partial charge on any atom is -0.338 e. The maximum atomic E-state index is 13.4. The van der Waals surface area contributed by atoms with Crippen LogP contribution < -0.4 is 10.5 Å². The molecule has 0 unspecified atom stereocenters. The number of piperazine rings is 2. The summed E-state index contributed by atoms with van der Waals surface area (Å²) in [6.07, 6.45) is 7.86. The number of nitrogens with zero attached hydrogens (tertiary/aromatic N) is 7. The standard InChI is InChI=1S/C28H37Cl2N5O3S.C22H25Cl2NO4S.C8H17N3/c29-25-9-8-23(18-26(25)30)28(11-5-13-34(21-28)27(36)22-6-2-1-3-7-22)10-4-12-32-19-24(20-32)33-14-16-35(17-15-33)39(31,37)38;1-30(27,28)29-14-6-12-22(18-9-10-19(23)20(24)15-18)11-5-13-25(16-22)21(26)17-7-3-2-4-8-17;1-10-2-4-11(5-3-10)8-6-9-7-8/h1-3,6-9,18,24H,4-5,10-17,19-21H2,(H2,31,37,38);2-4,7-10,15H,5-6,11-14,16H2,1H3;8-9H,2-7H2,1H3/t28-;22-;/m01./s1. The molecule has 0 bridgehead atoms. The van der Waals surface area contributed by atoms with Crippen molar-refractivity contribution in [3.05, 3.63) is 139 Å². The van der Waals surface area contributed by atoms with Gasteiger partial charge in [0.2, 0.25) is 0 Å². The Morgan fingerprint density at radius 2 is 1.07 bits per heavy atom. The average molecular weight is 1220 g/mol. The number of likely N-dealkylation sites (tertiary alicyclic amines) is 3. The molecule has 2 atom stereocenters. The summed E-state index contributed by atoms with van der Waals surface area (Å²) in [4.78, 5) is 40.2. The molecule has 0 radical (unpaired) electrons. The summed E-state index contributed by atoms with van der Waals surface area (Å²) in [7, 11) is -4.88. The number of carbonyl (C=O) groups excluding carboxylic acids is 2. The van der Waals surface area contributed by atoms with Gasteiger partial charge in [-0.15, -0.1) is 0 Å². The van der Waals surface area contributed by atoms with Gasteiger partial charge in [0.1, 0.15) is 0 Å². The van der Waals surface area contributed by atoms with Crippen LogP contribution in [0.15, 0.2) is 97.1 Å². The Labute approximate surface area is 495 Å². The van der Waals surface area contributed by atoms with Crippen molar-refractivity contribution in [2.75, 3.05) is 131 Å². The molecule has 0 aliphatic carbocycles. The van der Waals surface area contributed by atoms with Crippen LogP contribution in [-0.2, 0) is 35.3 Å². The summed E-state index contributed by atoms with van der Waals surface area (Å²) in [6, 6.07) is 31.6. The maximum absolute atomic E-state index is 13.4. The molecule has 6 aliphatic heterocycles. The smallest absolute Gasteiger partial charge is 0.276 e. The largest absolute Gasteiger partial charge is 0.338 e. The number of hydrogen-bond acceptors (Lipinski definition) is 12.